The number of hydrogen-bond donors (Lipinski definition) is 1. The minimum absolute atomic E-state index is 0.150. The van der Waals surface area contributed by atoms with Gasteiger partial charge in [-0.1, -0.05) is 11.6 Å². The monoisotopic (exact) mass is 152 g/mol. The summed E-state index contributed by atoms with van der Waals surface area (Å²) in [5, 5.41) is 8.39. The number of esters is 1. The average molecular weight is 153 g/mol. The van der Waals surface area contributed by atoms with Crippen LogP contribution >= 0.6 is 11.6 Å². The Hall–Kier alpha value is -0.280. The summed E-state index contributed by atoms with van der Waals surface area (Å²) in [5.41, 5.74) is 0. The SMILES string of the molecule is CC(CO)C(=O)OCCl. The number of hydrogen-bond acceptors (Lipinski definition) is 3. The van der Waals surface area contributed by atoms with Crippen molar-refractivity contribution >= 4 is 17.6 Å². The molecule has 1 unspecified atom stereocenters. The van der Waals surface area contributed by atoms with Crippen LogP contribution in [0.25, 0.3) is 0 Å². The second kappa shape index (κ2) is 4.58. The Balaban J connectivity index is 3.46. The lowest BCUT2D eigenvalue weighted by Crippen LogP contribution is -2.17. The van der Waals surface area contributed by atoms with E-state index in [0.717, 1.165) is 0 Å². The summed E-state index contributed by atoms with van der Waals surface area (Å²) in [6.45, 7) is 1.37. The lowest BCUT2D eigenvalue weighted by atomic mass is 10.2. The van der Waals surface area contributed by atoms with Gasteiger partial charge in [-0.3, -0.25) is 4.79 Å². The molecule has 0 radical (unpaired) electrons. The van der Waals surface area contributed by atoms with Crippen molar-refractivity contribution in [2.45, 2.75) is 6.92 Å². The van der Waals surface area contributed by atoms with Crippen molar-refractivity contribution in [1.29, 1.82) is 0 Å². The summed E-state index contributed by atoms with van der Waals surface area (Å²) >= 11 is 5.07. The largest absolute Gasteiger partial charge is 0.449 e. The fourth-order valence-electron chi connectivity index (χ4n) is 0.271. The Bertz CT molecular complexity index is 94.2. The molecular formula is C5H9ClO3. The molecule has 0 aromatic rings. The fourth-order valence-corrected chi connectivity index (χ4v) is 0.378. The first-order valence-electron chi connectivity index (χ1n) is 2.55. The van der Waals surface area contributed by atoms with Gasteiger partial charge in [-0.25, -0.2) is 0 Å². The number of alkyl halides is 1. The van der Waals surface area contributed by atoms with Crippen LogP contribution in [0.3, 0.4) is 0 Å². The molecule has 0 fully saturated rings. The molecule has 1 atom stereocenters. The third-order valence-electron chi connectivity index (χ3n) is 0.873. The van der Waals surface area contributed by atoms with Crippen LogP contribution in [-0.4, -0.2) is 23.7 Å². The van der Waals surface area contributed by atoms with Gasteiger partial charge in [0.2, 0.25) is 0 Å². The van der Waals surface area contributed by atoms with Gasteiger partial charge in [-0.15, -0.1) is 0 Å². The van der Waals surface area contributed by atoms with Crippen LogP contribution < -0.4 is 0 Å². The molecule has 0 spiro atoms. The third-order valence-corrected chi connectivity index (χ3v) is 0.982. The van der Waals surface area contributed by atoms with E-state index in [4.69, 9.17) is 16.7 Å². The summed E-state index contributed by atoms with van der Waals surface area (Å²) in [6.07, 6.45) is 0. The van der Waals surface area contributed by atoms with Crippen molar-refractivity contribution in [3.8, 4) is 0 Å². The number of carbonyl (C=O) groups is 1. The highest BCUT2D eigenvalue weighted by atomic mass is 35.5. The highest BCUT2D eigenvalue weighted by Crippen LogP contribution is 1.96. The zero-order valence-electron chi connectivity index (χ0n) is 5.13. The van der Waals surface area contributed by atoms with Crippen LogP contribution in [0.4, 0.5) is 0 Å². The normalized spacial score (nSPS) is 12.8. The molecular weight excluding hydrogens is 144 g/mol. The molecule has 0 rings (SSSR count). The van der Waals surface area contributed by atoms with E-state index in [-0.39, 0.29) is 12.7 Å². The minimum Gasteiger partial charge on any atom is -0.449 e. The average Bonchev–Trinajstić information content (AvgIpc) is 1.87. The Morgan fingerprint density at radius 2 is 2.44 bits per heavy atom. The van der Waals surface area contributed by atoms with Crippen LogP contribution in [0, 0.1) is 5.92 Å². The number of aliphatic hydroxyl groups excluding tert-OH is 1. The van der Waals surface area contributed by atoms with Crippen molar-refractivity contribution in [2.75, 3.05) is 12.7 Å². The molecule has 3 nitrogen and oxygen atoms in total. The predicted octanol–water partition coefficient (Wildman–Crippen LogP) is 0.354. The summed E-state index contributed by atoms with van der Waals surface area (Å²) in [7, 11) is 0. The van der Waals surface area contributed by atoms with E-state index in [1.54, 1.807) is 6.92 Å². The summed E-state index contributed by atoms with van der Waals surface area (Å²) in [6, 6.07) is -0.150. The maximum absolute atomic E-state index is 10.5. The zero-order chi connectivity index (χ0) is 7.28. The molecule has 4 heteroatoms. The maximum Gasteiger partial charge on any atom is 0.312 e. The van der Waals surface area contributed by atoms with Crippen molar-refractivity contribution in [2.24, 2.45) is 5.92 Å². The molecule has 0 amide bonds. The minimum atomic E-state index is -0.469. The van der Waals surface area contributed by atoms with E-state index in [0.29, 0.717) is 0 Å². The van der Waals surface area contributed by atoms with Crippen molar-refractivity contribution < 1.29 is 14.6 Å². The van der Waals surface area contributed by atoms with Crippen LogP contribution in [0.15, 0.2) is 0 Å². The Kier molecular flexibility index (Phi) is 4.44. The quantitative estimate of drug-likeness (QED) is 0.469. The van der Waals surface area contributed by atoms with Gasteiger partial charge in [0, 0.05) is 0 Å². The van der Waals surface area contributed by atoms with Gasteiger partial charge in [-0.05, 0) is 6.92 Å². The van der Waals surface area contributed by atoms with Gasteiger partial charge in [0.05, 0.1) is 12.5 Å². The smallest absolute Gasteiger partial charge is 0.312 e. The van der Waals surface area contributed by atoms with E-state index < -0.39 is 11.9 Å². The van der Waals surface area contributed by atoms with Gasteiger partial charge in [0.15, 0.2) is 6.07 Å². The molecule has 0 aromatic heterocycles. The number of halogens is 1. The molecule has 1 N–H and O–H groups in total. The van der Waals surface area contributed by atoms with Gasteiger partial charge in [0.25, 0.3) is 0 Å². The topological polar surface area (TPSA) is 46.5 Å². The molecule has 0 aliphatic carbocycles. The summed E-state index contributed by atoms with van der Waals surface area (Å²) in [4.78, 5) is 10.5. The highest BCUT2D eigenvalue weighted by Gasteiger charge is 2.11. The van der Waals surface area contributed by atoms with Gasteiger partial charge in [0.1, 0.15) is 0 Å². The Labute approximate surface area is 58.6 Å². The van der Waals surface area contributed by atoms with Gasteiger partial charge < -0.3 is 9.84 Å². The van der Waals surface area contributed by atoms with Crippen LogP contribution in [-0.2, 0) is 9.53 Å². The van der Waals surface area contributed by atoms with Crippen LogP contribution in [0.2, 0.25) is 0 Å². The van der Waals surface area contributed by atoms with Crippen molar-refractivity contribution in [3.05, 3.63) is 0 Å². The number of rotatable bonds is 3. The Morgan fingerprint density at radius 3 is 2.78 bits per heavy atom. The zero-order valence-corrected chi connectivity index (χ0v) is 5.89. The van der Waals surface area contributed by atoms with Crippen LogP contribution in [0.5, 0.6) is 0 Å². The van der Waals surface area contributed by atoms with E-state index in [1.165, 1.54) is 0 Å². The predicted molar refractivity (Wildman–Crippen MR) is 33.1 cm³/mol. The first kappa shape index (κ1) is 8.72. The van der Waals surface area contributed by atoms with Crippen molar-refractivity contribution in [3.63, 3.8) is 0 Å². The Morgan fingerprint density at radius 1 is 1.89 bits per heavy atom. The van der Waals surface area contributed by atoms with E-state index in [9.17, 15) is 4.79 Å². The molecule has 0 aliphatic heterocycles. The molecule has 0 heterocycles. The third kappa shape index (κ3) is 3.32. The van der Waals surface area contributed by atoms with Crippen molar-refractivity contribution in [1.82, 2.24) is 0 Å². The van der Waals surface area contributed by atoms with Gasteiger partial charge >= 0.3 is 5.97 Å². The molecule has 0 aliphatic rings. The number of carbonyl (C=O) groups excluding carboxylic acids is 1. The highest BCUT2D eigenvalue weighted by molar-refractivity contribution is 6.17. The molecule has 0 aromatic carbocycles. The number of aliphatic hydroxyl groups is 1. The second-order valence-corrected chi connectivity index (χ2v) is 1.87. The first-order chi connectivity index (χ1) is 4.22. The standard InChI is InChI=1S/C5H9ClO3/c1-4(2-7)5(8)9-3-6/h4,7H,2-3H2,1H3. The van der Waals surface area contributed by atoms with E-state index in [1.807, 2.05) is 0 Å². The first-order valence-corrected chi connectivity index (χ1v) is 3.09. The summed E-state index contributed by atoms with van der Waals surface area (Å²) in [5.74, 6) is -0.934. The number of ether oxygens (including phenoxy) is 1. The maximum atomic E-state index is 10.5. The molecule has 54 valence electrons. The second-order valence-electron chi connectivity index (χ2n) is 1.66. The van der Waals surface area contributed by atoms with E-state index in [2.05, 4.69) is 4.74 Å². The molecule has 0 bridgehead atoms. The summed E-state index contributed by atoms with van der Waals surface area (Å²) < 4.78 is 4.36. The van der Waals surface area contributed by atoms with E-state index >= 15 is 0 Å². The lowest BCUT2D eigenvalue weighted by Gasteiger charge is -2.04. The molecule has 9 heavy (non-hydrogen) atoms. The lowest BCUT2D eigenvalue weighted by molar-refractivity contribution is -0.147. The van der Waals surface area contributed by atoms with Crippen LogP contribution in [0.1, 0.15) is 6.92 Å². The molecule has 0 saturated carbocycles. The fraction of sp³-hybridized carbons (Fsp3) is 0.800. The molecule has 0 saturated heterocycles. The van der Waals surface area contributed by atoms with Gasteiger partial charge in [-0.2, -0.15) is 0 Å².